The number of nitrogens with one attached hydrogen (secondary N) is 1. The van der Waals surface area contributed by atoms with Crippen LogP contribution in [0.1, 0.15) is 86.7 Å². The van der Waals surface area contributed by atoms with E-state index in [2.05, 4.69) is 46.0 Å². The number of thiophene rings is 2. The molecule has 2 aliphatic carbocycles. The van der Waals surface area contributed by atoms with Gasteiger partial charge in [0.2, 0.25) is 5.91 Å². The topological polar surface area (TPSA) is 87.8 Å². The van der Waals surface area contributed by atoms with Crippen molar-refractivity contribution in [2.24, 2.45) is 17.3 Å². The number of carbonyl (C=O) groups excluding carboxylic acids is 1. The van der Waals surface area contributed by atoms with Gasteiger partial charge in [-0.15, -0.1) is 22.7 Å². The van der Waals surface area contributed by atoms with Crippen molar-refractivity contribution >= 4 is 55.6 Å². The van der Waals surface area contributed by atoms with Crippen LogP contribution in [0.4, 0.5) is 5.00 Å². The smallest absolute Gasteiger partial charge is 0.263 e. The Morgan fingerprint density at radius 3 is 2.69 bits per heavy atom. The molecular weight excluding hydrogens is 545 g/mol. The molecule has 9 heteroatoms. The first-order valence-electron chi connectivity index (χ1n) is 14.1. The summed E-state index contributed by atoms with van der Waals surface area (Å²) < 4.78 is 1.77. The van der Waals surface area contributed by atoms with Crippen molar-refractivity contribution in [2.75, 3.05) is 11.1 Å². The Balaban J connectivity index is 1.36. The molecule has 3 aromatic rings. The normalized spacial score (nSPS) is 17.2. The molecule has 3 heterocycles. The van der Waals surface area contributed by atoms with Gasteiger partial charge in [-0.3, -0.25) is 14.2 Å². The minimum absolute atomic E-state index is 0.0262. The van der Waals surface area contributed by atoms with Crippen LogP contribution in [0.3, 0.4) is 0 Å². The molecule has 0 bridgehead atoms. The minimum atomic E-state index is -0.170. The number of fused-ring (bicyclic) bond motifs is 4. The molecule has 208 valence electrons. The standard InChI is InChI=1S/C30H38N4O2S3/c1-6-30(4,5)18-11-12-19-21(14-31)26(39-23(19)13-18)32-24(35)16-37-29-33-27-25(28(36)34(29)15-17(2)3)20-9-7-8-10-22(20)38-27/h17-18H,6-13,15-16H2,1-5H3,(H,32,35)/t18-/m0/s1. The van der Waals surface area contributed by atoms with Gasteiger partial charge in [0.25, 0.3) is 5.56 Å². The Morgan fingerprint density at radius 2 is 1.97 bits per heavy atom. The number of aromatic nitrogens is 2. The Hall–Kier alpha value is -2.15. The maximum Gasteiger partial charge on any atom is 0.263 e. The summed E-state index contributed by atoms with van der Waals surface area (Å²) in [7, 11) is 0. The molecule has 1 N–H and O–H groups in total. The average Bonchev–Trinajstić information content (AvgIpc) is 3.45. The van der Waals surface area contributed by atoms with Gasteiger partial charge in [0.05, 0.1) is 16.7 Å². The SMILES string of the molecule is CCC(C)(C)[C@H]1CCc2c(sc(NC(=O)CSc3nc4sc5c(c4c(=O)n3CC(C)C)CCCC5)c2C#N)C1. The van der Waals surface area contributed by atoms with E-state index in [-0.39, 0.29) is 28.6 Å². The van der Waals surface area contributed by atoms with Crippen LogP contribution in [0.25, 0.3) is 10.2 Å². The maximum absolute atomic E-state index is 13.6. The van der Waals surface area contributed by atoms with Gasteiger partial charge in [0.1, 0.15) is 15.9 Å². The molecule has 2 aliphatic rings. The highest BCUT2D eigenvalue weighted by Gasteiger charge is 2.34. The highest BCUT2D eigenvalue weighted by Crippen LogP contribution is 2.45. The van der Waals surface area contributed by atoms with Crippen LogP contribution in [0.2, 0.25) is 0 Å². The fourth-order valence-electron chi connectivity index (χ4n) is 5.90. The number of thioether (sulfide) groups is 1. The summed E-state index contributed by atoms with van der Waals surface area (Å²) in [5.74, 6) is 0.833. The van der Waals surface area contributed by atoms with Crippen LogP contribution in [0, 0.1) is 28.6 Å². The third-order valence-corrected chi connectivity index (χ3v) is 11.9. The second kappa shape index (κ2) is 11.4. The first-order chi connectivity index (χ1) is 18.6. The predicted molar refractivity (Wildman–Crippen MR) is 163 cm³/mol. The van der Waals surface area contributed by atoms with Crippen molar-refractivity contribution in [1.82, 2.24) is 9.55 Å². The molecule has 3 aromatic heterocycles. The lowest BCUT2D eigenvalue weighted by molar-refractivity contribution is -0.113. The van der Waals surface area contributed by atoms with Crippen LogP contribution in [0.15, 0.2) is 9.95 Å². The van der Waals surface area contributed by atoms with E-state index in [0.29, 0.717) is 28.2 Å². The van der Waals surface area contributed by atoms with Crippen LogP contribution < -0.4 is 10.9 Å². The lowest BCUT2D eigenvalue weighted by Crippen LogP contribution is -2.28. The Kier molecular flexibility index (Phi) is 8.28. The summed E-state index contributed by atoms with van der Waals surface area (Å²) in [4.78, 5) is 35.0. The zero-order valence-corrected chi connectivity index (χ0v) is 26.1. The van der Waals surface area contributed by atoms with Crippen LogP contribution in [-0.4, -0.2) is 21.2 Å². The van der Waals surface area contributed by atoms with Gasteiger partial charge >= 0.3 is 0 Å². The van der Waals surface area contributed by atoms with Crippen LogP contribution in [-0.2, 0) is 37.0 Å². The zero-order chi connectivity index (χ0) is 27.9. The van der Waals surface area contributed by atoms with Gasteiger partial charge in [0, 0.05) is 16.3 Å². The fraction of sp³-hybridized carbons (Fsp3) is 0.600. The van der Waals surface area contributed by atoms with Gasteiger partial charge in [-0.05, 0) is 73.3 Å². The fourth-order valence-corrected chi connectivity index (χ4v) is 9.30. The number of hydrogen-bond donors (Lipinski definition) is 1. The minimum Gasteiger partial charge on any atom is -0.316 e. The van der Waals surface area contributed by atoms with Crippen molar-refractivity contribution in [3.8, 4) is 6.07 Å². The molecule has 6 nitrogen and oxygen atoms in total. The second-order valence-electron chi connectivity index (χ2n) is 12.0. The summed E-state index contributed by atoms with van der Waals surface area (Å²) in [5.41, 5.74) is 3.23. The molecule has 5 rings (SSSR count). The van der Waals surface area contributed by atoms with Crippen molar-refractivity contribution < 1.29 is 4.79 Å². The molecule has 1 amide bonds. The average molecular weight is 583 g/mol. The van der Waals surface area contributed by atoms with E-state index in [1.165, 1.54) is 27.1 Å². The maximum atomic E-state index is 13.6. The first kappa shape index (κ1) is 28.4. The number of rotatable bonds is 8. The number of nitriles is 1. The highest BCUT2D eigenvalue weighted by atomic mass is 32.2. The van der Waals surface area contributed by atoms with Crippen molar-refractivity contribution in [3.63, 3.8) is 0 Å². The quantitative estimate of drug-likeness (QED) is 0.224. The van der Waals surface area contributed by atoms with E-state index in [4.69, 9.17) is 4.98 Å². The summed E-state index contributed by atoms with van der Waals surface area (Å²) in [5, 5.41) is 15.0. The molecule has 1 atom stereocenters. The van der Waals surface area contributed by atoms with Crippen LogP contribution in [0.5, 0.6) is 0 Å². The molecule has 0 unspecified atom stereocenters. The summed E-state index contributed by atoms with van der Waals surface area (Å²) in [6.07, 6.45) is 8.32. The molecule has 0 spiro atoms. The van der Waals surface area contributed by atoms with Crippen molar-refractivity contribution in [2.45, 2.75) is 97.7 Å². The molecule has 0 fully saturated rings. The summed E-state index contributed by atoms with van der Waals surface area (Å²) >= 11 is 4.52. The number of carbonyl (C=O) groups is 1. The second-order valence-corrected chi connectivity index (χ2v) is 15.2. The van der Waals surface area contributed by atoms with E-state index in [1.807, 2.05) is 0 Å². The molecule has 0 radical (unpaired) electrons. The Bertz CT molecular complexity index is 1510. The largest absolute Gasteiger partial charge is 0.316 e. The number of amides is 1. The van der Waals surface area contributed by atoms with Crippen molar-refractivity contribution in [3.05, 3.63) is 36.8 Å². The van der Waals surface area contributed by atoms with E-state index in [1.54, 1.807) is 27.2 Å². The number of anilines is 1. The van der Waals surface area contributed by atoms with Gasteiger partial charge in [0.15, 0.2) is 5.16 Å². The number of hydrogen-bond acceptors (Lipinski definition) is 7. The molecule has 39 heavy (non-hydrogen) atoms. The highest BCUT2D eigenvalue weighted by molar-refractivity contribution is 7.99. The number of nitrogens with zero attached hydrogens (tertiary/aromatic N) is 3. The summed E-state index contributed by atoms with van der Waals surface area (Å²) in [6, 6.07) is 2.36. The molecule has 0 aromatic carbocycles. The zero-order valence-electron chi connectivity index (χ0n) is 23.6. The molecule has 0 saturated carbocycles. The lowest BCUT2D eigenvalue weighted by atomic mass is 9.69. The summed E-state index contributed by atoms with van der Waals surface area (Å²) in [6.45, 7) is 11.7. The number of aryl methyl sites for hydroxylation is 2. The van der Waals surface area contributed by atoms with Crippen LogP contribution >= 0.6 is 34.4 Å². The van der Waals surface area contributed by atoms with E-state index < -0.39 is 0 Å². The van der Waals surface area contributed by atoms with Gasteiger partial charge in [-0.1, -0.05) is 52.8 Å². The van der Waals surface area contributed by atoms with Gasteiger partial charge in [-0.25, -0.2) is 4.98 Å². The Morgan fingerprint density at radius 1 is 1.21 bits per heavy atom. The predicted octanol–water partition coefficient (Wildman–Crippen LogP) is 7.20. The monoisotopic (exact) mass is 582 g/mol. The van der Waals surface area contributed by atoms with E-state index in [0.717, 1.165) is 67.1 Å². The third kappa shape index (κ3) is 5.57. The molecule has 0 aliphatic heterocycles. The van der Waals surface area contributed by atoms with E-state index >= 15 is 0 Å². The van der Waals surface area contributed by atoms with Crippen molar-refractivity contribution in [1.29, 1.82) is 5.26 Å². The third-order valence-electron chi connectivity index (χ3n) is 8.57. The lowest BCUT2D eigenvalue weighted by Gasteiger charge is -2.36. The Labute approximate surface area is 243 Å². The molecule has 0 saturated heterocycles. The molecular formula is C30H38N4O2S3. The van der Waals surface area contributed by atoms with Gasteiger partial charge < -0.3 is 5.32 Å². The van der Waals surface area contributed by atoms with Gasteiger partial charge in [-0.2, -0.15) is 5.26 Å². The van der Waals surface area contributed by atoms with E-state index in [9.17, 15) is 14.9 Å². The first-order valence-corrected chi connectivity index (χ1v) is 16.8.